The summed E-state index contributed by atoms with van der Waals surface area (Å²) in [6.07, 6.45) is 0. The Morgan fingerprint density at radius 1 is 1.08 bits per heavy atom. The summed E-state index contributed by atoms with van der Waals surface area (Å²) in [5, 5.41) is 5.93. The van der Waals surface area contributed by atoms with Gasteiger partial charge in [-0.2, -0.15) is 0 Å². The minimum absolute atomic E-state index is 0.0692. The lowest BCUT2D eigenvalue weighted by molar-refractivity contribution is -0.114. The lowest BCUT2D eigenvalue weighted by Gasteiger charge is -2.12. The third kappa shape index (κ3) is 4.97. The Hall–Kier alpha value is -3.06. The van der Waals surface area contributed by atoms with Crippen molar-refractivity contribution in [3.8, 4) is 0 Å². The predicted octanol–water partition coefficient (Wildman–Crippen LogP) is 2.19. The number of anilines is 2. The van der Waals surface area contributed by atoms with E-state index in [0.717, 1.165) is 0 Å². The van der Waals surface area contributed by atoms with Crippen LogP contribution in [-0.4, -0.2) is 43.3 Å². The molecular weight excluding hydrogens is 356 g/mol. The summed E-state index contributed by atoms with van der Waals surface area (Å²) in [6.45, 7) is -0.0692. The molecule has 2 aromatic carbocycles. The van der Waals surface area contributed by atoms with Gasteiger partial charge >= 0.3 is 0 Å². The van der Waals surface area contributed by atoms with Crippen molar-refractivity contribution >= 4 is 40.7 Å². The van der Waals surface area contributed by atoms with E-state index in [2.05, 4.69) is 10.6 Å². The highest BCUT2D eigenvalue weighted by molar-refractivity contribution is 6.31. The van der Waals surface area contributed by atoms with Crippen molar-refractivity contribution in [2.24, 2.45) is 5.73 Å². The van der Waals surface area contributed by atoms with E-state index in [1.54, 1.807) is 50.5 Å². The first-order valence-electron chi connectivity index (χ1n) is 7.72. The molecule has 3 amide bonds. The molecule has 0 aliphatic rings. The Morgan fingerprint density at radius 3 is 2.31 bits per heavy atom. The summed E-state index contributed by atoms with van der Waals surface area (Å²) in [5.41, 5.74) is 7.01. The summed E-state index contributed by atoms with van der Waals surface area (Å²) in [4.78, 5) is 36.8. The third-order valence-electron chi connectivity index (χ3n) is 3.51. The average Bonchev–Trinajstić information content (AvgIpc) is 2.60. The lowest BCUT2D eigenvalue weighted by Crippen LogP contribution is -2.24. The van der Waals surface area contributed by atoms with Crippen molar-refractivity contribution in [1.82, 2.24) is 4.90 Å². The van der Waals surface area contributed by atoms with Crippen molar-refractivity contribution in [3.63, 3.8) is 0 Å². The quantitative estimate of drug-likeness (QED) is 0.720. The van der Waals surface area contributed by atoms with Crippen LogP contribution in [0.15, 0.2) is 42.5 Å². The van der Waals surface area contributed by atoms with Crippen LogP contribution in [0.25, 0.3) is 0 Å². The number of hydrogen-bond acceptors (Lipinski definition) is 4. The molecule has 0 aliphatic heterocycles. The molecule has 8 heteroatoms. The molecule has 0 fully saturated rings. The molecule has 136 valence electrons. The molecule has 0 saturated heterocycles. The molecule has 0 saturated carbocycles. The average molecular weight is 375 g/mol. The minimum atomic E-state index is -0.642. The topological polar surface area (TPSA) is 105 Å². The van der Waals surface area contributed by atoms with Gasteiger partial charge in [0.2, 0.25) is 5.91 Å². The van der Waals surface area contributed by atoms with E-state index < -0.39 is 5.91 Å². The van der Waals surface area contributed by atoms with Crippen LogP contribution in [0.2, 0.25) is 5.02 Å². The van der Waals surface area contributed by atoms with E-state index in [9.17, 15) is 14.4 Å². The molecule has 0 spiro atoms. The van der Waals surface area contributed by atoms with Crippen LogP contribution in [0.3, 0.4) is 0 Å². The summed E-state index contributed by atoms with van der Waals surface area (Å²) < 4.78 is 0. The number of halogens is 1. The van der Waals surface area contributed by atoms with Crippen molar-refractivity contribution in [2.75, 3.05) is 31.3 Å². The number of amides is 3. The van der Waals surface area contributed by atoms with Crippen LogP contribution in [0.4, 0.5) is 11.4 Å². The van der Waals surface area contributed by atoms with Gasteiger partial charge in [-0.05, 0) is 42.5 Å². The largest absolute Gasteiger partial charge is 0.375 e. The van der Waals surface area contributed by atoms with Gasteiger partial charge in [0, 0.05) is 36.1 Å². The second-order valence-corrected chi connectivity index (χ2v) is 6.17. The van der Waals surface area contributed by atoms with Gasteiger partial charge in [-0.25, -0.2) is 0 Å². The fourth-order valence-corrected chi connectivity index (χ4v) is 2.38. The maximum Gasteiger partial charge on any atom is 0.253 e. The summed E-state index contributed by atoms with van der Waals surface area (Å²) in [5.74, 6) is -1.08. The minimum Gasteiger partial charge on any atom is -0.375 e. The number of nitrogens with zero attached hydrogens (tertiary/aromatic N) is 1. The first-order valence-corrected chi connectivity index (χ1v) is 8.10. The summed E-state index contributed by atoms with van der Waals surface area (Å²) in [7, 11) is 3.33. The molecular formula is C18H19ClN4O3. The smallest absolute Gasteiger partial charge is 0.253 e. The molecule has 0 heterocycles. The van der Waals surface area contributed by atoms with Crippen molar-refractivity contribution < 1.29 is 14.4 Å². The van der Waals surface area contributed by atoms with Crippen LogP contribution < -0.4 is 16.4 Å². The maximum absolute atomic E-state index is 12.1. The molecule has 2 aromatic rings. The fraction of sp³-hybridized carbons (Fsp3) is 0.167. The molecule has 26 heavy (non-hydrogen) atoms. The molecule has 0 aliphatic carbocycles. The van der Waals surface area contributed by atoms with Gasteiger partial charge in [0.25, 0.3) is 11.8 Å². The normalized spacial score (nSPS) is 10.1. The molecule has 2 rings (SSSR count). The van der Waals surface area contributed by atoms with Gasteiger partial charge < -0.3 is 21.3 Å². The highest BCUT2D eigenvalue weighted by Crippen LogP contribution is 2.20. The number of hydrogen-bond donors (Lipinski definition) is 3. The van der Waals surface area contributed by atoms with E-state index in [1.165, 1.54) is 11.0 Å². The van der Waals surface area contributed by atoms with E-state index in [0.29, 0.717) is 22.0 Å². The molecule has 0 radical (unpaired) electrons. The van der Waals surface area contributed by atoms with E-state index in [-0.39, 0.29) is 23.9 Å². The number of carbonyl (C=O) groups excluding carboxylic acids is 3. The zero-order valence-electron chi connectivity index (χ0n) is 14.4. The molecule has 0 atom stereocenters. The first kappa shape index (κ1) is 19.3. The standard InChI is InChI=1S/C18H19ClN4O3/c1-23(2)18(26)11-3-6-13(7-4-11)22-16(24)10-21-15-8-5-12(19)9-14(15)17(20)25/h3-9,21H,10H2,1-2H3,(H2,20,25)(H,22,24). The van der Waals surface area contributed by atoms with Crippen LogP contribution in [0.1, 0.15) is 20.7 Å². The van der Waals surface area contributed by atoms with Gasteiger partial charge in [-0.15, -0.1) is 0 Å². The van der Waals surface area contributed by atoms with Crippen LogP contribution >= 0.6 is 11.6 Å². The Balaban J connectivity index is 1.97. The number of carbonyl (C=O) groups is 3. The summed E-state index contributed by atoms with van der Waals surface area (Å²) in [6, 6.07) is 11.2. The molecule has 7 nitrogen and oxygen atoms in total. The number of primary amides is 1. The molecule has 0 aromatic heterocycles. The van der Waals surface area contributed by atoms with Crippen molar-refractivity contribution in [2.45, 2.75) is 0 Å². The Kier molecular flexibility index (Phi) is 6.19. The predicted molar refractivity (Wildman–Crippen MR) is 102 cm³/mol. The first-order chi connectivity index (χ1) is 12.3. The van der Waals surface area contributed by atoms with Crippen molar-refractivity contribution in [1.29, 1.82) is 0 Å². The maximum atomic E-state index is 12.1. The lowest BCUT2D eigenvalue weighted by atomic mass is 10.1. The Labute approximate surface area is 156 Å². The SMILES string of the molecule is CN(C)C(=O)c1ccc(NC(=O)CNc2ccc(Cl)cc2C(N)=O)cc1. The number of rotatable bonds is 6. The summed E-state index contributed by atoms with van der Waals surface area (Å²) >= 11 is 5.84. The highest BCUT2D eigenvalue weighted by Gasteiger charge is 2.11. The van der Waals surface area contributed by atoms with Gasteiger partial charge in [0.05, 0.1) is 12.1 Å². The van der Waals surface area contributed by atoms with E-state index in [4.69, 9.17) is 17.3 Å². The second kappa shape index (κ2) is 8.35. The highest BCUT2D eigenvalue weighted by atomic mass is 35.5. The molecule has 0 unspecified atom stereocenters. The Bertz CT molecular complexity index is 835. The second-order valence-electron chi connectivity index (χ2n) is 5.73. The van der Waals surface area contributed by atoms with Gasteiger partial charge in [-0.1, -0.05) is 11.6 Å². The van der Waals surface area contributed by atoms with Crippen LogP contribution in [0, 0.1) is 0 Å². The van der Waals surface area contributed by atoms with Crippen LogP contribution in [0.5, 0.6) is 0 Å². The third-order valence-corrected chi connectivity index (χ3v) is 3.74. The van der Waals surface area contributed by atoms with E-state index in [1.807, 2.05) is 0 Å². The monoisotopic (exact) mass is 374 g/mol. The van der Waals surface area contributed by atoms with Gasteiger partial charge in [0.15, 0.2) is 0 Å². The molecule has 4 N–H and O–H groups in total. The number of benzene rings is 2. The van der Waals surface area contributed by atoms with Crippen molar-refractivity contribution in [3.05, 3.63) is 58.6 Å². The fourth-order valence-electron chi connectivity index (χ4n) is 2.21. The zero-order chi connectivity index (χ0) is 19.3. The van der Waals surface area contributed by atoms with Gasteiger partial charge in [-0.3, -0.25) is 14.4 Å². The molecule has 0 bridgehead atoms. The van der Waals surface area contributed by atoms with E-state index >= 15 is 0 Å². The zero-order valence-corrected chi connectivity index (χ0v) is 15.1. The number of nitrogens with two attached hydrogens (primary N) is 1. The number of nitrogens with one attached hydrogen (secondary N) is 2. The Morgan fingerprint density at radius 2 is 1.73 bits per heavy atom. The van der Waals surface area contributed by atoms with Gasteiger partial charge in [0.1, 0.15) is 0 Å². The van der Waals surface area contributed by atoms with Crippen LogP contribution in [-0.2, 0) is 4.79 Å².